The van der Waals surface area contributed by atoms with E-state index in [4.69, 9.17) is 5.73 Å². The average molecular weight is 262 g/mol. The monoisotopic (exact) mass is 262 g/mol. The maximum atomic E-state index is 11.8. The SMILES string of the molecule is Cc1c(N2CC(N)CC2=O)n[nH]c1-c1cccs1. The molecule has 0 aliphatic carbocycles. The predicted molar refractivity (Wildman–Crippen MR) is 71.6 cm³/mol. The Morgan fingerprint density at radius 3 is 3.06 bits per heavy atom. The van der Waals surface area contributed by atoms with Gasteiger partial charge < -0.3 is 5.73 Å². The van der Waals surface area contributed by atoms with Crippen LogP contribution in [0.5, 0.6) is 0 Å². The van der Waals surface area contributed by atoms with Gasteiger partial charge in [-0.1, -0.05) is 6.07 Å². The van der Waals surface area contributed by atoms with Crippen molar-refractivity contribution in [2.75, 3.05) is 11.4 Å². The number of nitrogens with zero attached hydrogens (tertiary/aromatic N) is 2. The number of H-pyrrole nitrogens is 1. The Morgan fingerprint density at radius 2 is 2.44 bits per heavy atom. The van der Waals surface area contributed by atoms with Gasteiger partial charge in [-0.15, -0.1) is 11.3 Å². The fraction of sp³-hybridized carbons (Fsp3) is 0.333. The van der Waals surface area contributed by atoms with Gasteiger partial charge in [0.15, 0.2) is 5.82 Å². The summed E-state index contributed by atoms with van der Waals surface area (Å²) in [5, 5.41) is 9.30. The van der Waals surface area contributed by atoms with Gasteiger partial charge in [-0.25, -0.2) is 0 Å². The molecule has 3 heterocycles. The number of rotatable bonds is 2. The van der Waals surface area contributed by atoms with Crippen LogP contribution in [-0.4, -0.2) is 28.7 Å². The lowest BCUT2D eigenvalue weighted by atomic mass is 10.2. The van der Waals surface area contributed by atoms with Crippen molar-refractivity contribution in [3.63, 3.8) is 0 Å². The van der Waals surface area contributed by atoms with Gasteiger partial charge in [-0.3, -0.25) is 14.8 Å². The first-order chi connectivity index (χ1) is 8.66. The molecule has 1 amide bonds. The average Bonchev–Trinajstić information content (AvgIpc) is 2.99. The molecule has 0 radical (unpaired) electrons. The summed E-state index contributed by atoms with van der Waals surface area (Å²) in [6.07, 6.45) is 0.403. The standard InChI is InChI=1S/C12H14N4OS/c1-7-11(9-3-2-4-18-9)14-15-12(7)16-6-8(13)5-10(16)17/h2-4,8H,5-6,13H2,1H3,(H,14,15). The second kappa shape index (κ2) is 4.22. The third kappa shape index (κ3) is 1.74. The van der Waals surface area contributed by atoms with Gasteiger partial charge in [0.1, 0.15) is 0 Å². The van der Waals surface area contributed by atoms with E-state index in [-0.39, 0.29) is 11.9 Å². The molecule has 1 aliphatic heterocycles. The molecule has 3 rings (SSSR count). The quantitative estimate of drug-likeness (QED) is 0.861. The maximum Gasteiger partial charge on any atom is 0.229 e. The minimum absolute atomic E-state index is 0.0508. The number of carbonyl (C=O) groups excluding carboxylic acids is 1. The van der Waals surface area contributed by atoms with E-state index in [0.717, 1.165) is 16.1 Å². The molecule has 0 aromatic carbocycles. The van der Waals surface area contributed by atoms with Crippen LogP contribution in [0.1, 0.15) is 12.0 Å². The van der Waals surface area contributed by atoms with Crippen molar-refractivity contribution in [2.45, 2.75) is 19.4 Å². The van der Waals surface area contributed by atoms with E-state index in [2.05, 4.69) is 10.2 Å². The summed E-state index contributed by atoms with van der Waals surface area (Å²) in [5.41, 5.74) is 7.79. The Morgan fingerprint density at radius 1 is 1.61 bits per heavy atom. The van der Waals surface area contributed by atoms with Crippen LogP contribution in [0.15, 0.2) is 17.5 Å². The van der Waals surface area contributed by atoms with Gasteiger partial charge in [0.05, 0.1) is 10.6 Å². The number of hydrogen-bond acceptors (Lipinski definition) is 4. The molecule has 2 aromatic rings. The Labute approximate surface area is 109 Å². The summed E-state index contributed by atoms with van der Waals surface area (Å²) in [4.78, 5) is 14.6. The first kappa shape index (κ1) is 11.4. The van der Waals surface area contributed by atoms with E-state index in [1.165, 1.54) is 0 Å². The molecule has 0 spiro atoms. The van der Waals surface area contributed by atoms with E-state index >= 15 is 0 Å². The van der Waals surface area contributed by atoms with Crippen molar-refractivity contribution in [1.82, 2.24) is 10.2 Å². The fourth-order valence-corrected chi connectivity index (χ4v) is 3.03. The second-order valence-corrected chi connectivity index (χ2v) is 5.44. The van der Waals surface area contributed by atoms with Crippen molar-refractivity contribution < 1.29 is 4.79 Å². The Hall–Kier alpha value is -1.66. The van der Waals surface area contributed by atoms with Crippen molar-refractivity contribution in [3.05, 3.63) is 23.1 Å². The first-order valence-electron chi connectivity index (χ1n) is 5.81. The predicted octanol–water partition coefficient (Wildman–Crippen LogP) is 1.51. The Kier molecular flexibility index (Phi) is 2.68. The van der Waals surface area contributed by atoms with Crippen LogP contribution in [-0.2, 0) is 4.79 Å². The molecule has 1 saturated heterocycles. The first-order valence-corrected chi connectivity index (χ1v) is 6.69. The molecule has 1 atom stereocenters. The fourth-order valence-electron chi connectivity index (χ4n) is 2.25. The molecule has 0 saturated carbocycles. The molecule has 1 unspecified atom stereocenters. The maximum absolute atomic E-state index is 11.8. The van der Waals surface area contributed by atoms with Crippen LogP contribution in [0.4, 0.5) is 5.82 Å². The highest BCUT2D eigenvalue weighted by Gasteiger charge is 2.31. The van der Waals surface area contributed by atoms with E-state index < -0.39 is 0 Å². The number of nitrogens with two attached hydrogens (primary N) is 1. The van der Waals surface area contributed by atoms with Crippen LogP contribution in [0.2, 0.25) is 0 Å². The molecule has 0 bridgehead atoms. The zero-order valence-electron chi connectivity index (χ0n) is 10.0. The van der Waals surface area contributed by atoms with Gasteiger partial charge in [0.25, 0.3) is 0 Å². The summed E-state index contributed by atoms with van der Waals surface area (Å²) < 4.78 is 0. The van der Waals surface area contributed by atoms with E-state index in [0.29, 0.717) is 18.8 Å². The van der Waals surface area contributed by atoms with Crippen LogP contribution >= 0.6 is 11.3 Å². The Balaban J connectivity index is 1.98. The van der Waals surface area contributed by atoms with Crippen molar-refractivity contribution in [2.24, 2.45) is 5.73 Å². The van der Waals surface area contributed by atoms with Crippen LogP contribution < -0.4 is 10.6 Å². The minimum Gasteiger partial charge on any atom is -0.326 e. The number of hydrogen-bond donors (Lipinski definition) is 2. The highest BCUT2D eigenvalue weighted by atomic mass is 32.1. The molecular weight excluding hydrogens is 248 g/mol. The molecule has 94 valence electrons. The van der Waals surface area contributed by atoms with Gasteiger partial charge in [0, 0.05) is 24.6 Å². The van der Waals surface area contributed by atoms with Crippen molar-refractivity contribution in [1.29, 1.82) is 0 Å². The van der Waals surface area contributed by atoms with E-state index in [1.54, 1.807) is 16.2 Å². The molecular formula is C12H14N4OS. The zero-order valence-corrected chi connectivity index (χ0v) is 10.8. The van der Waals surface area contributed by atoms with Crippen LogP contribution in [0, 0.1) is 6.92 Å². The van der Waals surface area contributed by atoms with Gasteiger partial charge >= 0.3 is 0 Å². The van der Waals surface area contributed by atoms with Crippen LogP contribution in [0.25, 0.3) is 10.6 Å². The second-order valence-electron chi connectivity index (χ2n) is 4.49. The van der Waals surface area contributed by atoms with Crippen LogP contribution in [0.3, 0.4) is 0 Å². The number of nitrogens with one attached hydrogen (secondary N) is 1. The van der Waals surface area contributed by atoms with Crippen molar-refractivity contribution >= 4 is 23.1 Å². The van der Waals surface area contributed by atoms with Gasteiger partial charge in [0.2, 0.25) is 5.91 Å². The summed E-state index contributed by atoms with van der Waals surface area (Å²) in [5.74, 6) is 0.756. The molecule has 1 aliphatic rings. The van der Waals surface area contributed by atoms with Gasteiger partial charge in [-0.2, -0.15) is 5.10 Å². The molecule has 18 heavy (non-hydrogen) atoms. The minimum atomic E-state index is -0.0845. The Bertz CT molecular complexity index is 575. The topological polar surface area (TPSA) is 75.0 Å². The zero-order chi connectivity index (χ0) is 12.7. The number of thiophene rings is 1. The van der Waals surface area contributed by atoms with E-state index in [1.807, 2.05) is 24.4 Å². The third-order valence-electron chi connectivity index (χ3n) is 3.16. The lowest BCUT2D eigenvalue weighted by Gasteiger charge is -2.13. The summed E-state index contributed by atoms with van der Waals surface area (Å²) in [6.45, 7) is 2.53. The molecule has 3 N–H and O–H groups in total. The van der Waals surface area contributed by atoms with Gasteiger partial charge in [-0.05, 0) is 18.4 Å². The van der Waals surface area contributed by atoms with Crippen molar-refractivity contribution in [3.8, 4) is 10.6 Å². The summed E-state index contributed by atoms with van der Waals surface area (Å²) in [6, 6.07) is 3.95. The highest BCUT2D eigenvalue weighted by Crippen LogP contribution is 2.32. The smallest absolute Gasteiger partial charge is 0.229 e. The lowest BCUT2D eigenvalue weighted by molar-refractivity contribution is -0.117. The van der Waals surface area contributed by atoms with E-state index in [9.17, 15) is 4.79 Å². The highest BCUT2D eigenvalue weighted by molar-refractivity contribution is 7.13. The molecule has 5 nitrogen and oxygen atoms in total. The third-order valence-corrected chi connectivity index (χ3v) is 4.05. The normalized spacial score (nSPS) is 19.8. The molecule has 2 aromatic heterocycles. The number of carbonyl (C=O) groups is 1. The lowest BCUT2D eigenvalue weighted by Crippen LogP contribution is -2.28. The summed E-state index contributed by atoms with van der Waals surface area (Å²) >= 11 is 1.65. The molecule has 1 fully saturated rings. The summed E-state index contributed by atoms with van der Waals surface area (Å²) in [7, 11) is 0. The molecule has 6 heteroatoms. The number of aromatic nitrogens is 2. The largest absolute Gasteiger partial charge is 0.326 e. The number of aromatic amines is 1. The number of amides is 1. The number of anilines is 1.